The van der Waals surface area contributed by atoms with Crippen LogP contribution in [0.4, 0.5) is 5.69 Å². The second kappa shape index (κ2) is 8.77. The van der Waals surface area contributed by atoms with Crippen molar-refractivity contribution in [2.45, 2.75) is 29.9 Å². The van der Waals surface area contributed by atoms with Gasteiger partial charge in [-0.15, -0.1) is 11.3 Å². The highest BCUT2D eigenvalue weighted by Crippen LogP contribution is 2.28. The molecule has 0 radical (unpaired) electrons. The first-order valence-corrected chi connectivity index (χ1v) is 12.5. The van der Waals surface area contributed by atoms with E-state index in [9.17, 15) is 18.0 Å². The highest BCUT2D eigenvalue weighted by Gasteiger charge is 2.32. The molecule has 1 aromatic carbocycles. The van der Waals surface area contributed by atoms with Gasteiger partial charge in [-0.25, -0.2) is 8.42 Å². The number of anilines is 1. The van der Waals surface area contributed by atoms with Gasteiger partial charge in [0.05, 0.1) is 6.42 Å². The van der Waals surface area contributed by atoms with E-state index in [1.165, 1.54) is 0 Å². The van der Waals surface area contributed by atoms with Crippen molar-refractivity contribution in [2.24, 2.45) is 5.92 Å². The number of sulfonamides is 1. The molecule has 160 valence electrons. The summed E-state index contributed by atoms with van der Waals surface area (Å²) in [7, 11) is -3.58. The monoisotopic (exact) mass is 447 g/mol. The van der Waals surface area contributed by atoms with Crippen LogP contribution in [0.2, 0.25) is 0 Å². The van der Waals surface area contributed by atoms with E-state index >= 15 is 0 Å². The van der Waals surface area contributed by atoms with Gasteiger partial charge in [-0.2, -0.15) is 0 Å². The Hall–Kier alpha value is -2.39. The lowest BCUT2D eigenvalue weighted by atomic mass is 9.84. The molecular formula is C21H25N3O4S2. The number of nitrogens with one attached hydrogen (secondary N) is 1. The molecule has 1 saturated heterocycles. The zero-order valence-electron chi connectivity index (χ0n) is 16.6. The molecule has 30 heavy (non-hydrogen) atoms. The van der Waals surface area contributed by atoms with Crippen LogP contribution in [0.25, 0.3) is 0 Å². The summed E-state index contributed by atoms with van der Waals surface area (Å²) in [5.74, 6) is 0.467. The van der Waals surface area contributed by atoms with Gasteiger partial charge in [0.2, 0.25) is 11.8 Å². The SMILES string of the molecule is O=C(Cc1ccc(NS(=O)(=O)c2cccs2)cc1)N1CCN(C(=O)C2CCC2)CC1. The van der Waals surface area contributed by atoms with Crippen LogP contribution < -0.4 is 4.72 Å². The number of rotatable bonds is 6. The lowest BCUT2D eigenvalue weighted by Gasteiger charge is -2.38. The van der Waals surface area contributed by atoms with Gasteiger partial charge in [-0.3, -0.25) is 14.3 Å². The van der Waals surface area contributed by atoms with Crippen LogP contribution in [0.15, 0.2) is 46.0 Å². The predicted molar refractivity (Wildman–Crippen MR) is 116 cm³/mol. The van der Waals surface area contributed by atoms with Crippen LogP contribution in [-0.4, -0.2) is 56.2 Å². The standard InChI is InChI=1S/C21H25N3O4S2/c25-19(23-10-12-24(13-11-23)21(26)17-3-1-4-17)15-16-6-8-18(9-7-16)22-30(27,28)20-5-2-14-29-20/h2,5-9,14,17,22H,1,3-4,10-13,15H2. The molecule has 2 heterocycles. The van der Waals surface area contributed by atoms with E-state index in [1.54, 1.807) is 46.7 Å². The summed E-state index contributed by atoms with van der Waals surface area (Å²) in [5.41, 5.74) is 1.29. The Bertz CT molecular complexity index is 991. The third-order valence-electron chi connectivity index (χ3n) is 5.72. The van der Waals surface area contributed by atoms with Gasteiger partial charge in [0.15, 0.2) is 0 Å². The molecule has 0 unspecified atom stereocenters. The van der Waals surface area contributed by atoms with Crippen LogP contribution in [0.3, 0.4) is 0 Å². The van der Waals surface area contributed by atoms with Crippen molar-refractivity contribution in [1.82, 2.24) is 9.80 Å². The molecule has 0 spiro atoms. The Balaban J connectivity index is 1.28. The number of benzene rings is 1. The first kappa shape index (κ1) is 20.9. The first-order valence-electron chi connectivity index (χ1n) is 10.1. The van der Waals surface area contributed by atoms with E-state index in [-0.39, 0.29) is 28.4 Å². The average molecular weight is 448 g/mol. The minimum absolute atomic E-state index is 0.0256. The normalized spacial score (nSPS) is 17.5. The lowest BCUT2D eigenvalue weighted by molar-refractivity contribution is -0.143. The number of carbonyl (C=O) groups is 2. The number of piperazine rings is 1. The van der Waals surface area contributed by atoms with E-state index in [2.05, 4.69) is 4.72 Å². The summed E-state index contributed by atoms with van der Waals surface area (Å²) in [6.07, 6.45) is 3.40. The Morgan fingerprint density at radius 2 is 1.67 bits per heavy atom. The van der Waals surface area contributed by atoms with Gasteiger partial charge in [0, 0.05) is 37.8 Å². The molecule has 4 rings (SSSR count). The maximum Gasteiger partial charge on any atom is 0.271 e. The Labute approximate surface area is 180 Å². The van der Waals surface area contributed by atoms with Crippen LogP contribution >= 0.6 is 11.3 Å². The zero-order valence-corrected chi connectivity index (χ0v) is 18.3. The van der Waals surface area contributed by atoms with E-state index < -0.39 is 10.0 Å². The largest absolute Gasteiger partial charge is 0.339 e. The molecule has 1 saturated carbocycles. The fourth-order valence-electron chi connectivity index (χ4n) is 3.69. The number of hydrogen-bond acceptors (Lipinski definition) is 5. The van der Waals surface area contributed by atoms with Crippen molar-refractivity contribution in [1.29, 1.82) is 0 Å². The zero-order chi connectivity index (χ0) is 21.1. The Kier molecular flexibility index (Phi) is 6.10. The minimum Gasteiger partial charge on any atom is -0.339 e. The fourth-order valence-corrected chi connectivity index (χ4v) is 5.74. The Morgan fingerprint density at radius 3 is 2.23 bits per heavy atom. The highest BCUT2D eigenvalue weighted by atomic mass is 32.2. The summed E-state index contributed by atoms with van der Waals surface area (Å²) in [5, 5.41) is 1.71. The molecular weight excluding hydrogens is 422 g/mol. The topological polar surface area (TPSA) is 86.8 Å². The summed E-state index contributed by atoms with van der Waals surface area (Å²) in [6, 6.07) is 10.1. The molecule has 9 heteroatoms. The summed E-state index contributed by atoms with van der Waals surface area (Å²) in [4.78, 5) is 28.6. The van der Waals surface area contributed by atoms with Gasteiger partial charge in [-0.05, 0) is 42.0 Å². The molecule has 1 aromatic heterocycles. The quantitative estimate of drug-likeness (QED) is 0.737. The molecule has 0 atom stereocenters. The van der Waals surface area contributed by atoms with Crippen molar-refractivity contribution in [2.75, 3.05) is 30.9 Å². The van der Waals surface area contributed by atoms with Crippen molar-refractivity contribution in [3.63, 3.8) is 0 Å². The molecule has 1 aliphatic carbocycles. The minimum atomic E-state index is -3.58. The number of hydrogen-bond donors (Lipinski definition) is 1. The smallest absolute Gasteiger partial charge is 0.271 e. The first-order chi connectivity index (χ1) is 14.4. The lowest BCUT2D eigenvalue weighted by Crippen LogP contribution is -2.52. The second-order valence-corrected chi connectivity index (χ2v) is 10.6. The van der Waals surface area contributed by atoms with Gasteiger partial charge in [0.1, 0.15) is 4.21 Å². The van der Waals surface area contributed by atoms with E-state index in [0.717, 1.165) is 36.2 Å². The number of amides is 2. The van der Waals surface area contributed by atoms with Crippen LogP contribution in [0, 0.1) is 5.92 Å². The predicted octanol–water partition coefficient (Wildman–Crippen LogP) is 2.56. The molecule has 1 aliphatic heterocycles. The van der Waals surface area contributed by atoms with Crippen molar-refractivity contribution < 1.29 is 18.0 Å². The molecule has 1 N–H and O–H groups in total. The molecule has 2 aromatic rings. The third kappa shape index (κ3) is 4.67. The van der Waals surface area contributed by atoms with Crippen molar-refractivity contribution >= 4 is 38.9 Å². The molecule has 2 aliphatic rings. The summed E-state index contributed by atoms with van der Waals surface area (Å²) < 4.78 is 27.4. The van der Waals surface area contributed by atoms with E-state index in [0.29, 0.717) is 31.9 Å². The molecule has 2 amide bonds. The fraction of sp³-hybridized carbons (Fsp3) is 0.429. The van der Waals surface area contributed by atoms with Crippen molar-refractivity contribution in [3.05, 3.63) is 47.3 Å². The maximum absolute atomic E-state index is 12.6. The average Bonchev–Trinajstić information content (AvgIpc) is 3.24. The van der Waals surface area contributed by atoms with Crippen LogP contribution in [0.5, 0.6) is 0 Å². The number of nitrogens with zero attached hydrogens (tertiary/aromatic N) is 2. The van der Waals surface area contributed by atoms with Gasteiger partial charge in [-0.1, -0.05) is 24.6 Å². The van der Waals surface area contributed by atoms with Gasteiger partial charge in [0.25, 0.3) is 10.0 Å². The second-order valence-electron chi connectivity index (χ2n) is 7.75. The molecule has 2 fully saturated rings. The highest BCUT2D eigenvalue weighted by molar-refractivity contribution is 7.94. The van der Waals surface area contributed by atoms with Crippen LogP contribution in [-0.2, 0) is 26.0 Å². The van der Waals surface area contributed by atoms with E-state index in [1.807, 2.05) is 4.90 Å². The van der Waals surface area contributed by atoms with Gasteiger partial charge < -0.3 is 9.80 Å². The van der Waals surface area contributed by atoms with Crippen LogP contribution in [0.1, 0.15) is 24.8 Å². The van der Waals surface area contributed by atoms with Crippen molar-refractivity contribution in [3.8, 4) is 0 Å². The molecule has 0 bridgehead atoms. The Morgan fingerprint density at radius 1 is 1.00 bits per heavy atom. The van der Waals surface area contributed by atoms with E-state index in [4.69, 9.17) is 0 Å². The van der Waals surface area contributed by atoms with Gasteiger partial charge >= 0.3 is 0 Å². The molecule has 7 nitrogen and oxygen atoms in total. The number of carbonyl (C=O) groups excluding carboxylic acids is 2. The summed E-state index contributed by atoms with van der Waals surface area (Å²) in [6.45, 7) is 2.33. The number of thiophene rings is 1. The third-order valence-corrected chi connectivity index (χ3v) is 8.50. The summed E-state index contributed by atoms with van der Waals surface area (Å²) >= 11 is 1.16. The maximum atomic E-state index is 12.6.